The van der Waals surface area contributed by atoms with E-state index >= 15 is 0 Å². The number of nitrogens with two attached hydrogens (primary N) is 1. The molecule has 1 aliphatic rings. The van der Waals surface area contributed by atoms with Crippen molar-refractivity contribution in [1.29, 1.82) is 0 Å². The molecule has 0 radical (unpaired) electrons. The molecule has 2 N–H and O–H groups in total. The fraction of sp³-hybridized carbons (Fsp3) is 0.462. The minimum atomic E-state index is -0.982. The third-order valence-electron chi connectivity index (χ3n) is 3.38. The second-order valence-electron chi connectivity index (χ2n) is 4.57. The molecule has 6 heteroatoms. The first-order valence-corrected chi connectivity index (χ1v) is 6.51. The molecule has 0 amide bonds. The summed E-state index contributed by atoms with van der Waals surface area (Å²) in [5.74, 6) is -1.88. The Balaban J connectivity index is 2.30. The van der Waals surface area contributed by atoms with E-state index in [0.717, 1.165) is 12.8 Å². The number of hydrogen-bond donors (Lipinski definition) is 1. The van der Waals surface area contributed by atoms with Gasteiger partial charge < -0.3 is 15.4 Å². The Kier molecular flexibility index (Phi) is 4.31. The zero-order chi connectivity index (χ0) is 14.0. The summed E-state index contributed by atoms with van der Waals surface area (Å²) in [6, 6.07) is 2.94. The van der Waals surface area contributed by atoms with Gasteiger partial charge in [-0.05, 0) is 25.0 Å². The third-order valence-corrected chi connectivity index (χ3v) is 3.60. The number of rotatable bonds is 3. The largest absolute Gasteiger partial charge is 0.389 e. The summed E-state index contributed by atoms with van der Waals surface area (Å²) >= 11 is 4.68. The fourth-order valence-corrected chi connectivity index (χ4v) is 2.48. The monoisotopic (exact) mass is 286 g/mol. The lowest BCUT2D eigenvalue weighted by atomic mass is 10.1. The number of nitrogens with zero attached hydrogens (tertiary/aromatic N) is 1. The summed E-state index contributed by atoms with van der Waals surface area (Å²) in [6.45, 7) is 1.24. The Morgan fingerprint density at radius 2 is 2.16 bits per heavy atom. The molecular formula is C13H16F2N2OS. The van der Waals surface area contributed by atoms with E-state index in [1.165, 1.54) is 12.1 Å². The Morgan fingerprint density at radius 1 is 1.42 bits per heavy atom. The van der Waals surface area contributed by atoms with Gasteiger partial charge in [-0.1, -0.05) is 12.2 Å². The summed E-state index contributed by atoms with van der Waals surface area (Å²) in [4.78, 5) is 1.65. The minimum Gasteiger partial charge on any atom is -0.389 e. The summed E-state index contributed by atoms with van der Waals surface area (Å²) < 4.78 is 33.2. The second kappa shape index (κ2) is 5.79. The zero-order valence-corrected chi connectivity index (χ0v) is 11.5. The number of hydrogen-bond acceptors (Lipinski definition) is 3. The van der Waals surface area contributed by atoms with Crippen molar-refractivity contribution >= 4 is 22.9 Å². The number of benzene rings is 1. The van der Waals surface area contributed by atoms with Crippen molar-refractivity contribution in [3.8, 4) is 0 Å². The van der Waals surface area contributed by atoms with E-state index in [2.05, 4.69) is 12.2 Å². The van der Waals surface area contributed by atoms with Gasteiger partial charge in [-0.25, -0.2) is 8.78 Å². The molecule has 19 heavy (non-hydrogen) atoms. The highest BCUT2D eigenvalue weighted by atomic mass is 32.1. The van der Waals surface area contributed by atoms with E-state index in [1.807, 2.05) is 0 Å². The van der Waals surface area contributed by atoms with Gasteiger partial charge in [0.1, 0.15) is 4.99 Å². The summed E-state index contributed by atoms with van der Waals surface area (Å²) in [5, 5.41) is 0. The van der Waals surface area contributed by atoms with Crippen molar-refractivity contribution in [2.45, 2.75) is 18.9 Å². The van der Waals surface area contributed by atoms with Crippen LogP contribution < -0.4 is 10.6 Å². The summed E-state index contributed by atoms with van der Waals surface area (Å²) in [5.41, 5.74) is 5.52. The first-order valence-electron chi connectivity index (χ1n) is 6.10. The van der Waals surface area contributed by atoms with Crippen molar-refractivity contribution in [1.82, 2.24) is 0 Å². The maximum Gasteiger partial charge on any atom is 0.182 e. The van der Waals surface area contributed by atoms with Crippen LogP contribution in [0.5, 0.6) is 0 Å². The zero-order valence-electron chi connectivity index (χ0n) is 10.7. The van der Waals surface area contributed by atoms with E-state index < -0.39 is 11.6 Å². The van der Waals surface area contributed by atoms with Crippen molar-refractivity contribution in [3.05, 3.63) is 29.3 Å². The molecule has 3 nitrogen and oxygen atoms in total. The molecule has 1 unspecified atom stereocenters. The van der Waals surface area contributed by atoms with Crippen molar-refractivity contribution < 1.29 is 13.5 Å². The molecule has 0 bridgehead atoms. The van der Waals surface area contributed by atoms with Crippen molar-refractivity contribution in [3.63, 3.8) is 0 Å². The molecule has 104 valence electrons. The molecule has 0 spiro atoms. The van der Waals surface area contributed by atoms with Crippen LogP contribution in [-0.2, 0) is 4.74 Å². The number of ether oxygens (including phenoxy) is 1. The highest BCUT2D eigenvalue weighted by molar-refractivity contribution is 7.80. The Labute approximate surface area is 116 Å². The third kappa shape index (κ3) is 2.84. The van der Waals surface area contributed by atoms with Crippen LogP contribution in [0, 0.1) is 11.6 Å². The lowest BCUT2D eigenvalue weighted by Crippen LogP contribution is -2.39. The molecule has 0 aliphatic carbocycles. The first-order chi connectivity index (χ1) is 9.04. The number of anilines is 1. The molecule has 2 rings (SSSR count). The number of halogens is 2. The molecule has 0 aromatic heterocycles. The lowest BCUT2D eigenvalue weighted by Gasteiger charge is -2.34. The van der Waals surface area contributed by atoms with Gasteiger partial charge in [0.15, 0.2) is 11.6 Å². The summed E-state index contributed by atoms with van der Waals surface area (Å²) in [6.07, 6.45) is 1.87. The van der Waals surface area contributed by atoms with Crippen LogP contribution in [0.3, 0.4) is 0 Å². The smallest absolute Gasteiger partial charge is 0.182 e. The van der Waals surface area contributed by atoms with Crippen molar-refractivity contribution in [2.75, 3.05) is 25.1 Å². The number of methoxy groups -OCH3 is 1. The molecule has 1 aliphatic heterocycles. The maximum absolute atomic E-state index is 14.1. The van der Waals surface area contributed by atoms with Crippen LogP contribution in [-0.4, -0.2) is 31.3 Å². The Hall–Kier alpha value is -1.27. The topological polar surface area (TPSA) is 38.5 Å². The molecule has 1 heterocycles. The Bertz CT molecular complexity index is 496. The molecular weight excluding hydrogens is 270 g/mol. The molecule has 0 saturated carbocycles. The predicted octanol–water partition coefficient (Wildman–Crippen LogP) is 2.21. The quantitative estimate of drug-likeness (QED) is 0.865. The van der Waals surface area contributed by atoms with Crippen LogP contribution in [0.15, 0.2) is 12.1 Å². The van der Waals surface area contributed by atoms with Gasteiger partial charge >= 0.3 is 0 Å². The van der Waals surface area contributed by atoms with Crippen LogP contribution in [0.1, 0.15) is 18.4 Å². The van der Waals surface area contributed by atoms with Gasteiger partial charge in [0, 0.05) is 25.8 Å². The van der Waals surface area contributed by atoms with Crippen LogP contribution >= 0.6 is 12.2 Å². The first kappa shape index (κ1) is 14.1. The van der Waals surface area contributed by atoms with Crippen LogP contribution in [0.4, 0.5) is 14.5 Å². The predicted molar refractivity (Wildman–Crippen MR) is 74.5 cm³/mol. The van der Waals surface area contributed by atoms with Gasteiger partial charge in [0.05, 0.1) is 11.8 Å². The highest BCUT2D eigenvalue weighted by Crippen LogP contribution is 2.27. The summed E-state index contributed by atoms with van der Waals surface area (Å²) in [7, 11) is 1.63. The average Bonchev–Trinajstić information content (AvgIpc) is 2.41. The number of thiocarbonyl (C=S) groups is 1. The van der Waals surface area contributed by atoms with Crippen molar-refractivity contribution in [2.24, 2.45) is 5.73 Å². The SMILES string of the molecule is COC1CCCN(c2ccc(C(N)=S)c(F)c2F)C1. The highest BCUT2D eigenvalue weighted by Gasteiger charge is 2.24. The second-order valence-corrected chi connectivity index (χ2v) is 5.01. The van der Waals surface area contributed by atoms with Gasteiger partial charge in [0.25, 0.3) is 0 Å². The lowest BCUT2D eigenvalue weighted by molar-refractivity contribution is 0.0891. The number of piperidine rings is 1. The van der Waals surface area contributed by atoms with E-state index in [9.17, 15) is 8.78 Å². The molecule has 1 fully saturated rings. The molecule has 1 atom stereocenters. The van der Waals surface area contributed by atoms with E-state index in [4.69, 9.17) is 10.5 Å². The molecule has 1 saturated heterocycles. The van der Waals surface area contributed by atoms with Gasteiger partial charge in [-0.15, -0.1) is 0 Å². The van der Waals surface area contributed by atoms with Gasteiger partial charge in [0.2, 0.25) is 0 Å². The Morgan fingerprint density at radius 3 is 2.79 bits per heavy atom. The van der Waals surface area contributed by atoms with Crippen LogP contribution in [0.2, 0.25) is 0 Å². The average molecular weight is 286 g/mol. The fourth-order valence-electron chi connectivity index (χ4n) is 2.32. The standard InChI is InChI=1S/C13H16F2N2OS/c1-18-8-3-2-6-17(7-8)10-5-4-9(13(16)19)11(14)12(10)15/h4-5,8H,2-3,6-7H2,1H3,(H2,16,19). The van der Waals surface area contributed by atoms with Gasteiger partial charge in [-0.3, -0.25) is 0 Å². The molecule has 1 aromatic carbocycles. The van der Waals surface area contributed by atoms with E-state index in [-0.39, 0.29) is 22.3 Å². The van der Waals surface area contributed by atoms with Crippen LogP contribution in [0.25, 0.3) is 0 Å². The van der Waals surface area contributed by atoms with E-state index in [0.29, 0.717) is 13.1 Å². The maximum atomic E-state index is 14.1. The normalized spacial score (nSPS) is 19.5. The van der Waals surface area contributed by atoms with Gasteiger partial charge in [-0.2, -0.15) is 0 Å². The van der Waals surface area contributed by atoms with E-state index in [1.54, 1.807) is 12.0 Å². The minimum absolute atomic E-state index is 0.0477. The molecule has 1 aromatic rings.